The number of benzene rings is 1. The average molecular weight is 268 g/mol. The second-order valence-corrected chi connectivity index (χ2v) is 5.11. The number of methoxy groups -OCH3 is 1. The number of halogens is 1. The van der Waals surface area contributed by atoms with Crippen LogP contribution in [0.15, 0.2) is 18.2 Å². The van der Waals surface area contributed by atoms with E-state index in [9.17, 15) is 9.18 Å². The molecule has 0 aliphatic heterocycles. The quantitative estimate of drug-likeness (QED) is 0.824. The summed E-state index contributed by atoms with van der Waals surface area (Å²) in [4.78, 5) is 11.3. The molecule has 0 heterocycles. The predicted molar refractivity (Wildman–Crippen MR) is 72.5 cm³/mol. The Morgan fingerprint density at radius 3 is 2.68 bits per heavy atom. The zero-order chi connectivity index (χ0) is 14.5. The summed E-state index contributed by atoms with van der Waals surface area (Å²) in [5, 5.41) is 2.83. The van der Waals surface area contributed by atoms with Gasteiger partial charge in [-0.15, -0.1) is 0 Å². The molecule has 0 radical (unpaired) electrons. The lowest BCUT2D eigenvalue weighted by Crippen LogP contribution is -2.46. The highest BCUT2D eigenvalue weighted by molar-refractivity contribution is 5.78. The molecule has 1 rings (SSSR count). The highest BCUT2D eigenvalue weighted by Gasteiger charge is 2.19. The van der Waals surface area contributed by atoms with Crippen molar-refractivity contribution in [3.05, 3.63) is 29.6 Å². The standard InChI is InChI=1S/C14H21FN2O2/c1-14(2,17-13(18)9-16)7-6-10-4-5-12(19-3)11(15)8-10/h4-5,8H,6-7,9,16H2,1-3H3,(H,17,18). The van der Waals surface area contributed by atoms with Gasteiger partial charge in [0.2, 0.25) is 5.91 Å². The van der Waals surface area contributed by atoms with Crippen LogP contribution in [0.3, 0.4) is 0 Å². The van der Waals surface area contributed by atoms with Crippen LogP contribution >= 0.6 is 0 Å². The maximum absolute atomic E-state index is 13.5. The second kappa shape index (κ2) is 6.52. The van der Waals surface area contributed by atoms with Gasteiger partial charge in [-0.2, -0.15) is 0 Å². The van der Waals surface area contributed by atoms with Crippen LogP contribution in [0, 0.1) is 5.82 Å². The number of amides is 1. The minimum atomic E-state index is -0.371. The number of carbonyl (C=O) groups is 1. The zero-order valence-corrected chi connectivity index (χ0v) is 11.6. The summed E-state index contributed by atoms with van der Waals surface area (Å²) in [7, 11) is 1.43. The molecule has 0 spiro atoms. The van der Waals surface area contributed by atoms with Gasteiger partial charge in [-0.25, -0.2) is 4.39 Å². The van der Waals surface area contributed by atoms with E-state index in [0.29, 0.717) is 12.8 Å². The molecule has 0 aliphatic rings. The summed E-state index contributed by atoms with van der Waals surface area (Å²) in [5.74, 6) is -0.325. The molecule has 0 unspecified atom stereocenters. The van der Waals surface area contributed by atoms with E-state index in [-0.39, 0.29) is 29.6 Å². The number of rotatable bonds is 6. The SMILES string of the molecule is COc1ccc(CCC(C)(C)NC(=O)CN)cc1F. The molecule has 0 fully saturated rings. The normalized spacial score (nSPS) is 11.2. The van der Waals surface area contributed by atoms with E-state index < -0.39 is 0 Å². The van der Waals surface area contributed by atoms with Gasteiger partial charge in [0, 0.05) is 5.54 Å². The first-order valence-electron chi connectivity index (χ1n) is 6.21. The van der Waals surface area contributed by atoms with Gasteiger partial charge in [-0.05, 0) is 44.4 Å². The van der Waals surface area contributed by atoms with E-state index in [1.807, 2.05) is 19.9 Å². The largest absolute Gasteiger partial charge is 0.494 e. The number of hydrogen-bond donors (Lipinski definition) is 2. The zero-order valence-electron chi connectivity index (χ0n) is 11.6. The number of aryl methyl sites for hydroxylation is 1. The Labute approximate surface area is 113 Å². The lowest BCUT2D eigenvalue weighted by atomic mass is 9.95. The molecular formula is C14H21FN2O2. The molecule has 0 aliphatic carbocycles. The Balaban J connectivity index is 2.61. The van der Waals surface area contributed by atoms with Gasteiger partial charge in [0.1, 0.15) is 0 Å². The maximum atomic E-state index is 13.5. The lowest BCUT2D eigenvalue weighted by Gasteiger charge is -2.26. The van der Waals surface area contributed by atoms with Crippen molar-refractivity contribution in [2.24, 2.45) is 5.73 Å². The van der Waals surface area contributed by atoms with Gasteiger partial charge in [-0.1, -0.05) is 6.07 Å². The summed E-state index contributed by atoms with van der Waals surface area (Å²) < 4.78 is 18.4. The molecule has 5 heteroatoms. The summed E-state index contributed by atoms with van der Waals surface area (Å²) in [6, 6.07) is 4.89. The topological polar surface area (TPSA) is 64.3 Å². The highest BCUT2D eigenvalue weighted by atomic mass is 19.1. The van der Waals surface area contributed by atoms with Crippen molar-refractivity contribution in [2.45, 2.75) is 32.2 Å². The van der Waals surface area contributed by atoms with Gasteiger partial charge >= 0.3 is 0 Å². The van der Waals surface area contributed by atoms with Crippen LogP contribution in [0.1, 0.15) is 25.8 Å². The number of hydrogen-bond acceptors (Lipinski definition) is 3. The van der Waals surface area contributed by atoms with E-state index in [2.05, 4.69) is 5.32 Å². The Morgan fingerprint density at radius 1 is 1.47 bits per heavy atom. The monoisotopic (exact) mass is 268 g/mol. The van der Waals surface area contributed by atoms with Crippen molar-refractivity contribution >= 4 is 5.91 Å². The van der Waals surface area contributed by atoms with Crippen LogP contribution in [0.4, 0.5) is 4.39 Å². The van der Waals surface area contributed by atoms with Gasteiger partial charge in [0.15, 0.2) is 11.6 Å². The Morgan fingerprint density at radius 2 is 2.16 bits per heavy atom. The molecule has 1 amide bonds. The molecule has 0 atom stereocenters. The van der Waals surface area contributed by atoms with Crippen LogP contribution < -0.4 is 15.8 Å². The van der Waals surface area contributed by atoms with Crippen molar-refractivity contribution in [3.8, 4) is 5.75 Å². The number of carbonyl (C=O) groups excluding carboxylic acids is 1. The molecular weight excluding hydrogens is 247 g/mol. The van der Waals surface area contributed by atoms with E-state index in [0.717, 1.165) is 5.56 Å². The van der Waals surface area contributed by atoms with Crippen LogP contribution in [0.25, 0.3) is 0 Å². The molecule has 0 aromatic heterocycles. The second-order valence-electron chi connectivity index (χ2n) is 5.11. The highest BCUT2D eigenvalue weighted by Crippen LogP contribution is 2.20. The third-order valence-electron chi connectivity index (χ3n) is 2.92. The minimum Gasteiger partial charge on any atom is -0.494 e. The first-order valence-corrected chi connectivity index (χ1v) is 6.21. The van der Waals surface area contributed by atoms with E-state index in [1.54, 1.807) is 6.07 Å². The summed E-state index contributed by atoms with van der Waals surface area (Å²) in [6.45, 7) is 3.81. The Hall–Kier alpha value is -1.62. The third-order valence-corrected chi connectivity index (χ3v) is 2.92. The fraction of sp³-hybridized carbons (Fsp3) is 0.500. The summed E-state index contributed by atoms with van der Waals surface area (Å²) in [5.41, 5.74) is 5.76. The van der Waals surface area contributed by atoms with Crippen molar-refractivity contribution in [3.63, 3.8) is 0 Å². The van der Waals surface area contributed by atoms with Gasteiger partial charge in [-0.3, -0.25) is 4.79 Å². The van der Waals surface area contributed by atoms with Gasteiger partial charge in [0.25, 0.3) is 0 Å². The number of nitrogens with one attached hydrogen (secondary N) is 1. The van der Waals surface area contributed by atoms with Gasteiger partial charge in [0.05, 0.1) is 13.7 Å². The molecule has 1 aromatic carbocycles. The third kappa shape index (κ3) is 4.87. The summed E-state index contributed by atoms with van der Waals surface area (Å²) >= 11 is 0. The number of ether oxygens (including phenoxy) is 1. The molecule has 106 valence electrons. The molecule has 1 aromatic rings. The van der Waals surface area contributed by atoms with Crippen LogP contribution in [0.2, 0.25) is 0 Å². The van der Waals surface area contributed by atoms with E-state index in [4.69, 9.17) is 10.5 Å². The smallest absolute Gasteiger partial charge is 0.234 e. The van der Waals surface area contributed by atoms with Crippen LogP contribution in [-0.2, 0) is 11.2 Å². The van der Waals surface area contributed by atoms with Crippen LogP contribution in [0.5, 0.6) is 5.75 Å². The molecule has 0 saturated carbocycles. The molecule has 3 N–H and O–H groups in total. The first kappa shape index (κ1) is 15.4. The van der Waals surface area contributed by atoms with Gasteiger partial charge < -0.3 is 15.8 Å². The van der Waals surface area contributed by atoms with Crippen molar-refractivity contribution in [1.82, 2.24) is 5.32 Å². The summed E-state index contributed by atoms with van der Waals surface area (Å²) in [6.07, 6.45) is 1.36. The molecule has 19 heavy (non-hydrogen) atoms. The average Bonchev–Trinajstić information content (AvgIpc) is 2.36. The fourth-order valence-corrected chi connectivity index (χ4v) is 1.81. The fourth-order valence-electron chi connectivity index (χ4n) is 1.81. The van der Waals surface area contributed by atoms with E-state index >= 15 is 0 Å². The number of nitrogens with two attached hydrogens (primary N) is 1. The van der Waals surface area contributed by atoms with Crippen molar-refractivity contribution in [2.75, 3.05) is 13.7 Å². The molecule has 4 nitrogen and oxygen atoms in total. The van der Waals surface area contributed by atoms with Crippen molar-refractivity contribution < 1.29 is 13.9 Å². The predicted octanol–water partition coefficient (Wildman–Crippen LogP) is 1.62. The maximum Gasteiger partial charge on any atom is 0.234 e. The molecule has 0 bridgehead atoms. The first-order chi connectivity index (χ1) is 8.88. The van der Waals surface area contributed by atoms with Crippen LogP contribution in [-0.4, -0.2) is 25.1 Å². The lowest BCUT2D eigenvalue weighted by molar-refractivity contribution is -0.121. The Kier molecular flexibility index (Phi) is 5.30. The molecule has 0 saturated heterocycles. The van der Waals surface area contributed by atoms with E-state index in [1.165, 1.54) is 13.2 Å². The van der Waals surface area contributed by atoms with Crippen molar-refractivity contribution in [1.29, 1.82) is 0 Å². The Bertz CT molecular complexity index is 447. The minimum absolute atomic E-state index is 0.0272.